The molecular weight excluding hydrogens is 480 g/mol. The molecule has 32 heavy (non-hydrogen) atoms. The fourth-order valence-electron chi connectivity index (χ4n) is 2.62. The Hall–Kier alpha value is -3.20. The van der Waals surface area contributed by atoms with E-state index in [9.17, 15) is 28.1 Å². The van der Waals surface area contributed by atoms with Gasteiger partial charge in [-0.1, -0.05) is 22.7 Å². The van der Waals surface area contributed by atoms with E-state index in [1.54, 1.807) is 6.92 Å². The third-order valence-electron chi connectivity index (χ3n) is 3.96. The number of benzene rings is 1. The summed E-state index contributed by atoms with van der Waals surface area (Å²) >= 11 is 1.90. The van der Waals surface area contributed by atoms with Crippen molar-refractivity contribution in [2.24, 2.45) is 10.1 Å². The van der Waals surface area contributed by atoms with Crippen LogP contribution in [0.2, 0.25) is 0 Å². The van der Waals surface area contributed by atoms with Crippen LogP contribution in [0.1, 0.15) is 11.8 Å². The molecule has 0 fully saturated rings. The Bertz CT molecular complexity index is 1410. The molecular formula is C18H16N4O7S3. The molecule has 0 aliphatic rings. The Morgan fingerprint density at radius 1 is 1.28 bits per heavy atom. The highest BCUT2D eigenvalue weighted by Gasteiger charge is 2.15. The lowest BCUT2D eigenvalue weighted by molar-refractivity contribution is -0.380. The quantitative estimate of drug-likeness (QED) is 0.226. The van der Waals surface area contributed by atoms with Crippen molar-refractivity contribution in [3.63, 3.8) is 0 Å². The third kappa shape index (κ3) is 5.53. The van der Waals surface area contributed by atoms with E-state index in [4.69, 9.17) is 9.88 Å². The first-order valence-electron chi connectivity index (χ1n) is 8.91. The van der Waals surface area contributed by atoms with E-state index in [0.717, 1.165) is 28.7 Å². The molecule has 0 atom stereocenters. The van der Waals surface area contributed by atoms with Gasteiger partial charge >= 0.3 is 11.0 Å². The van der Waals surface area contributed by atoms with Crippen LogP contribution in [0.3, 0.4) is 0 Å². The number of hydrogen-bond donors (Lipinski definition) is 1. The summed E-state index contributed by atoms with van der Waals surface area (Å²) in [5.41, 5.74) is 0.472. The van der Waals surface area contributed by atoms with Crippen molar-refractivity contribution >= 4 is 65.9 Å². The molecule has 1 aromatic carbocycles. The van der Waals surface area contributed by atoms with E-state index < -0.39 is 26.8 Å². The number of amides is 1. The molecule has 1 amide bonds. The van der Waals surface area contributed by atoms with Crippen LogP contribution in [0.15, 0.2) is 46.3 Å². The summed E-state index contributed by atoms with van der Waals surface area (Å²) in [7, 11) is -3.95. The number of carbonyl (C=O) groups is 2. The van der Waals surface area contributed by atoms with Crippen molar-refractivity contribution in [3.05, 3.63) is 56.2 Å². The van der Waals surface area contributed by atoms with Crippen LogP contribution in [-0.4, -0.2) is 36.4 Å². The van der Waals surface area contributed by atoms with Gasteiger partial charge in [-0.05, 0) is 37.3 Å². The summed E-state index contributed by atoms with van der Waals surface area (Å²) < 4.78 is 30.1. The van der Waals surface area contributed by atoms with Gasteiger partial charge in [0.1, 0.15) is 6.54 Å². The number of esters is 1. The van der Waals surface area contributed by atoms with Crippen LogP contribution in [-0.2, 0) is 30.9 Å². The Kier molecular flexibility index (Phi) is 6.98. The summed E-state index contributed by atoms with van der Waals surface area (Å²) in [6.45, 7) is 1.58. The number of aromatic nitrogens is 1. The van der Waals surface area contributed by atoms with Gasteiger partial charge in [0.05, 0.1) is 26.6 Å². The Balaban J connectivity index is 2.02. The number of ether oxygens (including phenoxy) is 1. The number of nitrogens with two attached hydrogens (primary N) is 1. The number of thiophene rings is 1. The Morgan fingerprint density at radius 3 is 2.66 bits per heavy atom. The molecule has 0 spiro atoms. The highest BCUT2D eigenvalue weighted by molar-refractivity contribution is 7.89. The number of thiazole rings is 1. The maximum atomic E-state index is 12.4. The van der Waals surface area contributed by atoms with Gasteiger partial charge in [-0.2, -0.15) is 4.99 Å². The van der Waals surface area contributed by atoms with Gasteiger partial charge in [0, 0.05) is 17.0 Å². The smallest absolute Gasteiger partial charge is 0.326 e. The number of primary sulfonamides is 1. The molecule has 14 heteroatoms. The Labute approximate surface area is 189 Å². The minimum absolute atomic E-state index is 0.0588. The minimum atomic E-state index is -3.95. The van der Waals surface area contributed by atoms with Crippen LogP contribution in [0.5, 0.6) is 0 Å². The van der Waals surface area contributed by atoms with E-state index in [1.165, 1.54) is 41.0 Å². The topological polar surface area (TPSA) is 164 Å². The second kappa shape index (κ2) is 9.52. The van der Waals surface area contributed by atoms with Gasteiger partial charge in [-0.3, -0.25) is 19.7 Å². The predicted molar refractivity (Wildman–Crippen MR) is 118 cm³/mol. The zero-order valence-electron chi connectivity index (χ0n) is 16.5. The van der Waals surface area contributed by atoms with E-state index in [1.807, 2.05) is 0 Å². The number of sulfonamides is 1. The molecule has 168 valence electrons. The average molecular weight is 497 g/mol. The van der Waals surface area contributed by atoms with Crippen molar-refractivity contribution in [1.82, 2.24) is 4.57 Å². The average Bonchev–Trinajstić information content (AvgIpc) is 3.31. The molecule has 0 aliphatic carbocycles. The van der Waals surface area contributed by atoms with Crippen LogP contribution in [0.4, 0.5) is 5.00 Å². The summed E-state index contributed by atoms with van der Waals surface area (Å²) in [5.74, 6) is -1.23. The van der Waals surface area contributed by atoms with Crippen molar-refractivity contribution in [1.29, 1.82) is 0 Å². The summed E-state index contributed by atoms with van der Waals surface area (Å²) in [6.07, 6.45) is 2.54. The first-order chi connectivity index (χ1) is 15.1. The van der Waals surface area contributed by atoms with Crippen LogP contribution in [0.25, 0.3) is 16.3 Å². The summed E-state index contributed by atoms with van der Waals surface area (Å²) in [4.78, 5) is 39.2. The highest BCUT2D eigenvalue weighted by Crippen LogP contribution is 2.25. The maximum absolute atomic E-state index is 12.4. The molecule has 0 saturated heterocycles. The van der Waals surface area contributed by atoms with Gasteiger partial charge in [-0.25, -0.2) is 13.6 Å². The van der Waals surface area contributed by atoms with E-state index in [-0.39, 0.29) is 27.8 Å². The maximum Gasteiger partial charge on any atom is 0.326 e. The van der Waals surface area contributed by atoms with Crippen LogP contribution in [0, 0.1) is 10.1 Å². The molecule has 0 bridgehead atoms. The lowest BCUT2D eigenvalue weighted by atomic mass is 10.3. The van der Waals surface area contributed by atoms with Crippen molar-refractivity contribution in [2.45, 2.75) is 18.4 Å². The molecule has 2 aromatic heterocycles. The zero-order chi connectivity index (χ0) is 23.5. The standard InChI is InChI=1S/C18H16N4O7S3/c1-2-29-17(24)10-21-13-6-5-12(32(19,27)28)9-14(13)31-18(21)20-15(23)7-3-11-4-8-16(30-11)22(25)26/h3-9H,2,10H2,1H3,(H2,19,27,28)/b7-3-,20-18?. The van der Waals surface area contributed by atoms with E-state index in [2.05, 4.69) is 4.99 Å². The summed E-state index contributed by atoms with van der Waals surface area (Å²) in [6, 6.07) is 6.92. The summed E-state index contributed by atoms with van der Waals surface area (Å²) in [5, 5.41) is 15.9. The Morgan fingerprint density at radius 2 is 2.03 bits per heavy atom. The van der Waals surface area contributed by atoms with Gasteiger partial charge < -0.3 is 9.30 Å². The lowest BCUT2D eigenvalue weighted by Gasteiger charge is -2.05. The molecule has 3 aromatic rings. The van der Waals surface area contributed by atoms with Gasteiger partial charge in [0.2, 0.25) is 10.0 Å². The number of rotatable bonds is 7. The zero-order valence-corrected chi connectivity index (χ0v) is 18.9. The fraction of sp³-hybridized carbons (Fsp3) is 0.167. The normalized spacial score (nSPS) is 12.5. The molecule has 11 nitrogen and oxygen atoms in total. The molecule has 2 heterocycles. The molecule has 0 aliphatic heterocycles. The molecule has 0 radical (unpaired) electrons. The van der Waals surface area contributed by atoms with Crippen molar-refractivity contribution in [2.75, 3.05) is 6.61 Å². The largest absolute Gasteiger partial charge is 0.465 e. The van der Waals surface area contributed by atoms with Crippen molar-refractivity contribution < 1.29 is 27.7 Å². The minimum Gasteiger partial charge on any atom is -0.465 e. The lowest BCUT2D eigenvalue weighted by Crippen LogP contribution is -2.22. The predicted octanol–water partition coefficient (Wildman–Crippen LogP) is 2.02. The number of nitrogens with zero attached hydrogens (tertiary/aromatic N) is 3. The van der Waals surface area contributed by atoms with Gasteiger partial charge in [-0.15, -0.1) is 0 Å². The molecule has 0 saturated carbocycles. The number of nitro groups is 1. The third-order valence-corrected chi connectivity index (χ3v) is 6.92. The number of hydrogen-bond acceptors (Lipinski definition) is 9. The molecule has 2 N–H and O–H groups in total. The van der Waals surface area contributed by atoms with Crippen LogP contribution >= 0.6 is 22.7 Å². The number of fused-ring (bicyclic) bond motifs is 1. The first kappa shape index (κ1) is 23.5. The van der Waals surface area contributed by atoms with E-state index >= 15 is 0 Å². The highest BCUT2D eigenvalue weighted by atomic mass is 32.2. The van der Waals surface area contributed by atoms with Crippen molar-refractivity contribution in [3.8, 4) is 0 Å². The van der Waals surface area contributed by atoms with Crippen LogP contribution < -0.4 is 9.94 Å². The van der Waals surface area contributed by atoms with E-state index in [0.29, 0.717) is 15.1 Å². The SMILES string of the molecule is CCOC(=O)Cn1c(=NC(=O)/C=C\c2ccc([N+](=O)[O-])s2)sc2cc(S(N)(=O)=O)ccc21. The monoisotopic (exact) mass is 496 g/mol. The second-order valence-corrected chi connectivity index (χ2v) is 9.83. The fourth-order valence-corrected chi connectivity index (χ4v) is 5.03. The first-order valence-corrected chi connectivity index (χ1v) is 12.1. The second-order valence-electron chi connectivity index (χ2n) is 6.17. The van der Waals surface area contributed by atoms with Gasteiger partial charge in [0.15, 0.2) is 4.80 Å². The molecule has 0 unspecified atom stereocenters. The molecule has 3 rings (SSSR count). The number of carbonyl (C=O) groups excluding carboxylic acids is 2. The van der Waals surface area contributed by atoms with Gasteiger partial charge in [0.25, 0.3) is 5.91 Å².